The number of hydrogen-bond acceptors (Lipinski definition) is 7. The Labute approximate surface area is 210 Å². The highest BCUT2D eigenvalue weighted by Gasteiger charge is 2.37. The van der Waals surface area contributed by atoms with E-state index in [-0.39, 0.29) is 24.6 Å². The van der Waals surface area contributed by atoms with Crippen LogP contribution in [0.4, 0.5) is 5.69 Å². The number of fused-ring (bicyclic) bond motifs is 1. The van der Waals surface area contributed by atoms with E-state index in [0.717, 1.165) is 5.56 Å². The predicted octanol–water partition coefficient (Wildman–Crippen LogP) is 3.16. The van der Waals surface area contributed by atoms with Crippen molar-refractivity contribution in [2.45, 2.75) is 17.9 Å². The number of carbonyl (C=O) groups excluding carboxylic acids is 1. The molecule has 1 heterocycles. The Morgan fingerprint density at radius 1 is 1.03 bits per heavy atom. The number of aryl methyl sites for hydroxylation is 1. The van der Waals surface area contributed by atoms with E-state index in [1.54, 1.807) is 49.6 Å². The summed E-state index contributed by atoms with van der Waals surface area (Å²) in [6.07, 6.45) is -1.04. The van der Waals surface area contributed by atoms with Crippen LogP contribution in [0.5, 0.6) is 23.0 Å². The first-order valence-corrected chi connectivity index (χ1v) is 12.7. The number of sulfonamides is 1. The van der Waals surface area contributed by atoms with E-state index in [4.69, 9.17) is 18.9 Å². The van der Waals surface area contributed by atoms with Crippen molar-refractivity contribution in [3.05, 3.63) is 72.3 Å². The molecule has 10 heteroatoms. The molecule has 9 nitrogen and oxygen atoms in total. The van der Waals surface area contributed by atoms with E-state index in [0.29, 0.717) is 28.7 Å². The van der Waals surface area contributed by atoms with Crippen molar-refractivity contribution in [1.29, 1.82) is 0 Å². The molecule has 0 saturated carbocycles. The Morgan fingerprint density at radius 2 is 1.75 bits per heavy atom. The maximum absolute atomic E-state index is 13.6. The zero-order valence-corrected chi connectivity index (χ0v) is 21.1. The number of para-hydroxylation sites is 2. The summed E-state index contributed by atoms with van der Waals surface area (Å²) >= 11 is 0. The van der Waals surface area contributed by atoms with Gasteiger partial charge in [0.15, 0.2) is 17.6 Å². The Hall–Kier alpha value is -3.92. The lowest BCUT2D eigenvalue weighted by molar-refractivity contribution is -0.127. The minimum absolute atomic E-state index is 0.0852. The molecular formula is C26H28N2O7S. The molecule has 0 spiro atoms. The third-order valence-electron chi connectivity index (χ3n) is 5.65. The molecule has 1 aliphatic rings. The van der Waals surface area contributed by atoms with Crippen molar-refractivity contribution < 1.29 is 32.2 Å². The van der Waals surface area contributed by atoms with E-state index in [2.05, 4.69) is 5.32 Å². The van der Waals surface area contributed by atoms with Gasteiger partial charge >= 0.3 is 0 Å². The van der Waals surface area contributed by atoms with Gasteiger partial charge in [0.05, 0.1) is 37.9 Å². The minimum atomic E-state index is -3.97. The second-order valence-corrected chi connectivity index (χ2v) is 9.94. The lowest BCUT2D eigenvalue weighted by Crippen LogP contribution is -2.51. The molecule has 1 aliphatic heterocycles. The van der Waals surface area contributed by atoms with Crippen LogP contribution in [0.3, 0.4) is 0 Å². The fourth-order valence-electron chi connectivity index (χ4n) is 3.79. The van der Waals surface area contributed by atoms with Gasteiger partial charge in [0, 0.05) is 0 Å². The van der Waals surface area contributed by atoms with Crippen LogP contribution in [0.25, 0.3) is 0 Å². The third kappa shape index (κ3) is 5.33. The van der Waals surface area contributed by atoms with E-state index >= 15 is 0 Å². The van der Waals surface area contributed by atoms with E-state index in [1.165, 1.54) is 23.5 Å². The molecule has 1 N–H and O–H groups in total. The van der Waals surface area contributed by atoms with Gasteiger partial charge in [-0.3, -0.25) is 9.10 Å². The van der Waals surface area contributed by atoms with Gasteiger partial charge in [-0.05, 0) is 61.0 Å². The number of benzene rings is 3. The molecule has 0 bridgehead atoms. The summed E-state index contributed by atoms with van der Waals surface area (Å²) in [5.41, 5.74) is 1.25. The predicted molar refractivity (Wildman–Crippen MR) is 135 cm³/mol. The molecular weight excluding hydrogens is 484 g/mol. The first-order chi connectivity index (χ1) is 17.3. The van der Waals surface area contributed by atoms with Crippen LogP contribution < -0.4 is 28.6 Å². The molecule has 0 saturated heterocycles. The number of methoxy groups -OCH3 is 2. The first kappa shape index (κ1) is 25.2. The van der Waals surface area contributed by atoms with Crippen molar-refractivity contribution >= 4 is 21.6 Å². The van der Waals surface area contributed by atoms with Crippen LogP contribution in [0, 0.1) is 6.92 Å². The maximum Gasteiger partial charge on any atom is 0.264 e. The zero-order valence-electron chi connectivity index (χ0n) is 20.3. The van der Waals surface area contributed by atoms with Crippen molar-refractivity contribution in [3.8, 4) is 23.0 Å². The Kier molecular flexibility index (Phi) is 7.54. The first-order valence-electron chi connectivity index (χ1n) is 11.3. The van der Waals surface area contributed by atoms with Crippen molar-refractivity contribution in [2.75, 3.05) is 38.2 Å². The molecule has 0 radical (unpaired) electrons. The molecule has 0 fully saturated rings. The van der Waals surface area contributed by atoms with Crippen LogP contribution in [0.15, 0.2) is 71.6 Å². The van der Waals surface area contributed by atoms with Crippen molar-refractivity contribution in [3.63, 3.8) is 0 Å². The Morgan fingerprint density at radius 3 is 2.44 bits per heavy atom. The average Bonchev–Trinajstić information content (AvgIpc) is 2.90. The summed E-state index contributed by atoms with van der Waals surface area (Å²) < 4.78 is 50.3. The second kappa shape index (κ2) is 10.8. The van der Waals surface area contributed by atoms with Crippen molar-refractivity contribution in [1.82, 2.24) is 5.32 Å². The summed E-state index contributed by atoms with van der Waals surface area (Å²) in [6.45, 7) is 2.08. The van der Waals surface area contributed by atoms with Gasteiger partial charge in [0.25, 0.3) is 15.9 Å². The van der Waals surface area contributed by atoms with Gasteiger partial charge in [0.1, 0.15) is 18.1 Å². The van der Waals surface area contributed by atoms with Crippen LogP contribution in [-0.2, 0) is 14.8 Å². The second-order valence-electron chi connectivity index (χ2n) is 8.08. The van der Waals surface area contributed by atoms with Gasteiger partial charge in [-0.15, -0.1) is 0 Å². The van der Waals surface area contributed by atoms with E-state index in [9.17, 15) is 13.2 Å². The molecule has 3 aromatic rings. The summed E-state index contributed by atoms with van der Waals surface area (Å²) in [6, 6.07) is 18.5. The fraction of sp³-hybridized carbons (Fsp3) is 0.269. The fourth-order valence-corrected chi connectivity index (χ4v) is 5.26. The van der Waals surface area contributed by atoms with E-state index in [1.807, 2.05) is 19.1 Å². The van der Waals surface area contributed by atoms with Crippen LogP contribution in [0.1, 0.15) is 5.56 Å². The lowest BCUT2D eigenvalue weighted by Gasteiger charge is -2.35. The number of carbonyl (C=O) groups is 1. The topological polar surface area (TPSA) is 103 Å². The van der Waals surface area contributed by atoms with Gasteiger partial charge < -0.3 is 24.3 Å². The smallest absolute Gasteiger partial charge is 0.264 e. The molecule has 0 aromatic heterocycles. The zero-order chi connectivity index (χ0) is 25.7. The Bertz CT molecular complexity index is 1330. The minimum Gasteiger partial charge on any atom is -0.497 e. The number of ether oxygens (including phenoxy) is 4. The monoisotopic (exact) mass is 512 g/mol. The number of rotatable bonds is 9. The number of nitrogens with zero attached hydrogens (tertiary/aromatic N) is 1. The highest BCUT2D eigenvalue weighted by atomic mass is 32.2. The lowest BCUT2D eigenvalue weighted by atomic mass is 10.1. The highest BCUT2D eigenvalue weighted by Crippen LogP contribution is 2.38. The summed E-state index contributed by atoms with van der Waals surface area (Å²) in [4.78, 5) is 13.0. The number of nitrogens with one attached hydrogen (secondary N) is 1. The summed E-state index contributed by atoms with van der Waals surface area (Å²) in [5, 5.41) is 2.76. The normalized spacial score (nSPS) is 14.9. The average molecular weight is 513 g/mol. The molecule has 36 heavy (non-hydrogen) atoms. The SMILES string of the molecule is COc1ccc(S(=O)(=O)N2C[C@H](C(=O)NCCOc3ccccc3OC)Oc3ccc(C)cc32)cc1. The number of anilines is 1. The Balaban J connectivity index is 1.49. The summed E-state index contributed by atoms with van der Waals surface area (Å²) in [5.74, 6) is 1.56. The van der Waals surface area contributed by atoms with Gasteiger partial charge in [-0.2, -0.15) is 0 Å². The van der Waals surface area contributed by atoms with Crippen LogP contribution >= 0.6 is 0 Å². The largest absolute Gasteiger partial charge is 0.497 e. The standard InChI is InChI=1S/C26H28N2O7S/c1-18-8-13-22-21(16-18)28(36(30,31)20-11-9-19(32-2)10-12-20)17-25(35-22)26(29)27-14-15-34-24-7-5-4-6-23(24)33-3/h4-13,16,25H,14-15,17H2,1-3H3,(H,27,29)/t25-/m1/s1. The van der Waals surface area contributed by atoms with E-state index < -0.39 is 22.0 Å². The maximum atomic E-state index is 13.6. The summed E-state index contributed by atoms with van der Waals surface area (Å²) in [7, 11) is -0.913. The third-order valence-corrected chi connectivity index (χ3v) is 7.45. The highest BCUT2D eigenvalue weighted by molar-refractivity contribution is 7.92. The molecule has 190 valence electrons. The number of amides is 1. The van der Waals surface area contributed by atoms with Crippen LogP contribution in [-0.4, -0.2) is 54.3 Å². The molecule has 4 rings (SSSR count). The van der Waals surface area contributed by atoms with Gasteiger partial charge in [-0.1, -0.05) is 18.2 Å². The molecule has 0 aliphatic carbocycles. The molecule has 1 amide bonds. The quantitative estimate of drug-likeness (QED) is 0.439. The van der Waals surface area contributed by atoms with Gasteiger partial charge in [0.2, 0.25) is 0 Å². The molecule has 3 aromatic carbocycles. The number of hydrogen-bond donors (Lipinski definition) is 1. The van der Waals surface area contributed by atoms with Crippen molar-refractivity contribution in [2.24, 2.45) is 0 Å². The molecule has 0 unspecified atom stereocenters. The molecule has 1 atom stereocenters. The van der Waals surface area contributed by atoms with Gasteiger partial charge in [-0.25, -0.2) is 8.42 Å². The van der Waals surface area contributed by atoms with Crippen LogP contribution in [0.2, 0.25) is 0 Å².